The summed E-state index contributed by atoms with van der Waals surface area (Å²) in [4.78, 5) is 0. The largest absolute Gasteiger partial charge is 0.417 e. The number of anilines is 1. The lowest BCUT2D eigenvalue weighted by atomic mass is 9.85. The molecule has 116 valence electrons. The zero-order valence-electron chi connectivity index (χ0n) is 12.8. The number of hydrogen-bond acceptors (Lipinski definition) is 2. The van der Waals surface area contributed by atoms with E-state index in [0.29, 0.717) is 30.0 Å². The highest BCUT2D eigenvalue weighted by Crippen LogP contribution is 2.33. The maximum Gasteiger partial charge on any atom is 0.417 e. The van der Waals surface area contributed by atoms with E-state index in [4.69, 9.17) is 5.26 Å². The van der Waals surface area contributed by atoms with Crippen LogP contribution in [0.4, 0.5) is 18.9 Å². The van der Waals surface area contributed by atoms with E-state index in [1.807, 2.05) is 0 Å². The predicted octanol–water partition coefficient (Wildman–Crippen LogP) is 4.92. The highest BCUT2D eigenvalue weighted by Gasteiger charge is 2.33. The monoisotopic (exact) mass is 298 g/mol. The molecule has 0 aliphatic heterocycles. The van der Waals surface area contributed by atoms with Gasteiger partial charge in [0, 0.05) is 12.2 Å². The molecule has 0 heterocycles. The first-order valence-corrected chi connectivity index (χ1v) is 7.02. The summed E-state index contributed by atoms with van der Waals surface area (Å²) in [6.07, 6.45) is -4.50. The van der Waals surface area contributed by atoms with E-state index in [0.717, 1.165) is 6.07 Å². The summed E-state index contributed by atoms with van der Waals surface area (Å²) in [6.45, 7) is 9.17. The molecule has 2 nitrogen and oxygen atoms in total. The Labute approximate surface area is 124 Å². The fraction of sp³-hybridized carbons (Fsp3) is 0.562. The molecule has 1 N–H and O–H groups in total. The summed E-state index contributed by atoms with van der Waals surface area (Å²) in [5, 5.41) is 12.0. The molecule has 0 aliphatic rings. The van der Waals surface area contributed by atoms with Crippen LogP contribution >= 0.6 is 0 Å². The molecule has 5 heteroatoms. The number of nitriles is 1. The second-order valence-electron chi connectivity index (χ2n) is 5.90. The van der Waals surface area contributed by atoms with E-state index >= 15 is 0 Å². The maximum atomic E-state index is 12.7. The van der Waals surface area contributed by atoms with Crippen LogP contribution in [0.5, 0.6) is 0 Å². The summed E-state index contributed by atoms with van der Waals surface area (Å²) in [5.74, 6) is 1.36. The highest BCUT2D eigenvalue weighted by molar-refractivity contribution is 5.53. The van der Waals surface area contributed by atoms with Crippen LogP contribution in [0.2, 0.25) is 0 Å². The Morgan fingerprint density at radius 2 is 1.71 bits per heavy atom. The smallest absolute Gasteiger partial charge is 0.385 e. The van der Waals surface area contributed by atoms with E-state index in [-0.39, 0.29) is 5.56 Å². The van der Waals surface area contributed by atoms with Crippen molar-refractivity contribution in [1.82, 2.24) is 0 Å². The Bertz CT molecular complexity index is 505. The van der Waals surface area contributed by atoms with Gasteiger partial charge in [0.15, 0.2) is 0 Å². The predicted molar refractivity (Wildman–Crippen MR) is 77.8 cm³/mol. The summed E-state index contributed by atoms with van der Waals surface area (Å²) in [7, 11) is 0. The molecule has 0 unspecified atom stereocenters. The first-order valence-electron chi connectivity index (χ1n) is 7.02. The SMILES string of the molecule is CC(C)C(CNc1ccc(C(F)(F)F)c(C#N)c1)C(C)C. The molecule has 0 aliphatic carbocycles. The van der Waals surface area contributed by atoms with Crippen molar-refractivity contribution in [3.05, 3.63) is 29.3 Å². The van der Waals surface area contributed by atoms with Gasteiger partial charge in [-0.15, -0.1) is 0 Å². The maximum absolute atomic E-state index is 12.7. The van der Waals surface area contributed by atoms with E-state index in [9.17, 15) is 13.2 Å². The number of nitrogens with one attached hydrogen (secondary N) is 1. The van der Waals surface area contributed by atoms with Crippen LogP contribution < -0.4 is 5.32 Å². The van der Waals surface area contributed by atoms with Crippen LogP contribution in [0.25, 0.3) is 0 Å². The number of nitrogens with zero attached hydrogens (tertiary/aromatic N) is 1. The van der Waals surface area contributed by atoms with Crippen molar-refractivity contribution in [2.24, 2.45) is 17.8 Å². The number of benzene rings is 1. The third kappa shape index (κ3) is 4.66. The lowest BCUT2D eigenvalue weighted by Crippen LogP contribution is -2.24. The van der Waals surface area contributed by atoms with E-state index in [1.165, 1.54) is 12.1 Å². The van der Waals surface area contributed by atoms with E-state index in [2.05, 4.69) is 33.0 Å². The van der Waals surface area contributed by atoms with Crippen molar-refractivity contribution < 1.29 is 13.2 Å². The van der Waals surface area contributed by atoms with Crippen LogP contribution in [0.1, 0.15) is 38.8 Å². The number of alkyl halides is 3. The van der Waals surface area contributed by atoms with Crippen molar-refractivity contribution in [2.75, 3.05) is 11.9 Å². The molecule has 0 aromatic heterocycles. The molecule has 0 atom stereocenters. The van der Waals surface area contributed by atoms with Crippen LogP contribution in [-0.4, -0.2) is 6.54 Å². The first-order chi connectivity index (χ1) is 9.66. The molecule has 0 bridgehead atoms. The summed E-state index contributed by atoms with van der Waals surface area (Å²) < 4.78 is 38.2. The molecular weight excluding hydrogens is 277 g/mol. The molecule has 1 aromatic carbocycles. The van der Waals surface area contributed by atoms with Crippen LogP contribution in [0.3, 0.4) is 0 Å². The summed E-state index contributed by atoms with van der Waals surface area (Å²) in [6, 6.07) is 5.22. The molecule has 1 aromatic rings. The molecule has 0 amide bonds. The Kier molecular flexibility index (Phi) is 5.65. The average molecular weight is 298 g/mol. The van der Waals surface area contributed by atoms with Gasteiger partial charge in [-0.2, -0.15) is 18.4 Å². The fourth-order valence-corrected chi connectivity index (χ4v) is 2.47. The Morgan fingerprint density at radius 3 is 2.14 bits per heavy atom. The molecule has 0 saturated carbocycles. The Balaban J connectivity index is 2.90. The third-order valence-electron chi connectivity index (χ3n) is 3.70. The highest BCUT2D eigenvalue weighted by atomic mass is 19.4. The number of halogens is 3. The van der Waals surface area contributed by atoms with Gasteiger partial charge in [-0.3, -0.25) is 0 Å². The van der Waals surface area contributed by atoms with Crippen LogP contribution in [0, 0.1) is 29.1 Å². The third-order valence-corrected chi connectivity index (χ3v) is 3.70. The Morgan fingerprint density at radius 1 is 1.14 bits per heavy atom. The second kappa shape index (κ2) is 6.84. The van der Waals surface area contributed by atoms with Gasteiger partial charge in [-0.1, -0.05) is 27.7 Å². The molecule has 0 spiro atoms. The summed E-state index contributed by atoms with van der Waals surface area (Å²) in [5.41, 5.74) is -0.691. The molecule has 0 fully saturated rings. The van der Waals surface area contributed by atoms with Crippen molar-refractivity contribution in [2.45, 2.75) is 33.9 Å². The van der Waals surface area contributed by atoms with Gasteiger partial charge in [-0.25, -0.2) is 0 Å². The molecule has 21 heavy (non-hydrogen) atoms. The minimum absolute atomic E-state index is 0.349. The zero-order valence-corrected chi connectivity index (χ0v) is 12.8. The molecular formula is C16H21F3N2. The standard InChI is InChI=1S/C16H21F3N2/c1-10(2)14(11(3)4)9-21-13-5-6-15(16(17,18)19)12(7-13)8-20/h5-7,10-11,14,21H,9H2,1-4H3. The van der Waals surface area contributed by atoms with Gasteiger partial charge in [0.1, 0.15) is 0 Å². The Hall–Kier alpha value is -1.70. The minimum atomic E-state index is -4.50. The van der Waals surface area contributed by atoms with Gasteiger partial charge in [-0.05, 0) is 36.0 Å². The lowest BCUT2D eigenvalue weighted by molar-refractivity contribution is -0.137. The van der Waals surface area contributed by atoms with E-state index < -0.39 is 11.7 Å². The van der Waals surface area contributed by atoms with Crippen LogP contribution in [0.15, 0.2) is 18.2 Å². The quantitative estimate of drug-likeness (QED) is 0.837. The van der Waals surface area contributed by atoms with Gasteiger partial charge in [0.25, 0.3) is 0 Å². The number of rotatable bonds is 5. The molecule has 1 rings (SSSR count). The van der Waals surface area contributed by atoms with Gasteiger partial charge in [0.05, 0.1) is 17.2 Å². The normalized spacial score (nSPS) is 12.0. The van der Waals surface area contributed by atoms with Gasteiger partial charge >= 0.3 is 6.18 Å². The van der Waals surface area contributed by atoms with Gasteiger partial charge in [0.2, 0.25) is 0 Å². The second-order valence-corrected chi connectivity index (χ2v) is 5.90. The molecule has 0 radical (unpaired) electrons. The first kappa shape index (κ1) is 17.4. The van der Waals surface area contributed by atoms with Crippen molar-refractivity contribution in [1.29, 1.82) is 5.26 Å². The van der Waals surface area contributed by atoms with Gasteiger partial charge < -0.3 is 5.32 Å². The zero-order chi connectivity index (χ0) is 16.2. The van der Waals surface area contributed by atoms with Crippen LogP contribution in [-0.2, 0) is 6.18 Å². The average Bonchev–Trinajstić information content (AvgIpc) is 2.36. The topological polar surface area (TPSA) is 35.8 Å². The number of hydrogen-bond donors (Lipinski definition) is 1. The van der Waals surface area contributed by atoms with Crippen molar-refractivity contribution in [3.63, 3.8) is 0 Å². The minimum Gasteiger partial charge on any atom is -0.385 e. The molecule has 0 saturated heterocycles. The van der Waals surface area contributed by atoms with Crippen molar-refractivity contribution in [3.8, 4) is 6.07 Å². The fourth-order valence-electron chi connectivity index (χ4n) is 2.47. The summed E-state index contributed by atoms with van der Waals surface area (Å²) >= 11 is 0. The van der Waals surface area contributed by atoms with Crippen molar-refractivity contribution >= 4 is 5.69 Å². The van der Waals surface area contributed by atoms with E-state index in [1.54, 1.807) is 6.07 Å². The lowest BCUT2D eigenvalue weighted by Gasteiger charge is -2.25.